The summed E-state index contributed by atoms with van der Waals surface area (Å²) in [6.45, 7) is 4.17. The largest absolute Gasteiger partial charge is 0.392 e. The molecule has 0 heterocycles. The maximum absolute atomic E-state index is 9.45. The van der Waals surface area contributed by atoms with Gasteiger partial charge in [0.05, 0.1) is 6.10 Å². The van der Waals surface area contributed by atoms with Crippen molar-refractivity contribution in [2.75, 3.05) is 7.05 Å². The number of nitrogens with one attached hydrogen (secondary N) is 1. The average molecular weight is 145 g/mol. The van der Waals surface area contributed by atoms with E-state index in [1.807, 2.05) is 7.05 Å². The molecule has 10 heavy (non-hydrogen) atoms. The van der Waals surface area contributed by atoms with Crippen LogP contribution < -0.4 is 5.32 Å². The summed E-state index contributed by atoms with van der Waals surface area (Å²) in [6, 6.07) is 0.278. The third-order valence-corrected chi connectivity index (χ3v) is 1.86. The molecule has 2 N–H and O–H groups in total. The smallest absolute Gasteiger partial charge is 0.0692 e. The molecule has 0 aromatic heterocycles. The van der Waals surface area contributed by atoms with Gasteiger partial charge in [0.15, 0.2) is 0 Å². The molecule has 0 amide bonds. The first-order valence-corrected chi connectivity index (χ1v) is 4.11. The fraction of sp³-hybridized carbons (Fsp3) is 1.00. The Balaban J connectivity index is 3.53. The summed E-state index contributed by atoms with van der Waals surface area (Å²) >= 11 is 0. The zero-order chi connectivity index (χ0) is 7.98. The van der Waals surface area contributed by atoms with E-state index < -0.39 is 0 Å². The van der Waals surface area contributed by atoms with Gasteiger partial charge in [-0.25, -0.2) is 0 Å². The molecule has 0 saturated carbocycles. The molecule has 0 rings (SSSR count). The number of rotatable bonds is 5. The molecule has 2 heteroatoms. The topological polar surface area (TPSA) is 32.3 Å². The number of hydrogen-bond acceptors (Lipinski definition) is 2. The van der Waals surface area contributed by atoms with E-state index in [0.717, 1.165) is 19.3 Å². The SMILES string of the molecule is CCC[C@@H](O)[C@@H](CC)NC. The molecular weight excluding hydrogens is 126 g/mol. The summed E-state index contributed by atoms with van der Waals surface area (Å²) in [4.78, 5) is 0. The molecule has 0 aliphatic carbocycles. The van der Waals surface area contributed by atoms with Crippen LogP contribution in [0.25, 0.3) is 0 Å². The Morgan fingerprint density at radius 1 is 1.40 bits per heavy atom. The van der Waals surface area contributed by atoms with Gasteiger partial charge in [0.1, 0.15) is 0 Å². The summed E-state index contributed by atoms with van der Waals surface area (Å²) < 4.78 is 0. The van der Waals surface area contributed by atoms with E-state index in [9.17, 15) is 5.11 Å². The van der Waals surface area contributed by atoms with Crippen LogP contribution in [-0.4, -0.2) is 24.3 Å². The third-order valence-electron chi connectivity index (χ3n) is 1.86. The summed E-state index contributed by atoms with van der Waals surface area (Å²) in [5, 5.41) is 12.5. The second-order valence-electron chi connectivity index (χ2n) is 2.66. The van der Waals surface area contributed by atoms with Gasteiger partial charge in [-0.05, 0) is 19.9 Å². The van der Waals surface area contributed by atoms with Crippen LogP contribution in [0.2, 0.25) is 0 Å². The Hall–Kier alpha value is -0.0800. The normalized spacial score (nSPS) is 16.8. The summed E-state index contributed by atoms with van der Waals surface area (Å²) in [5.74, 6) is 0. The molecule has 0 aliphatic heterocycles. The molecule has 0 saturated heterocycles. The zero-order valence-corrected chi connectivity index (χ0v) is 7.22. The summed E-state index contributed by atoms with van der Waals surface area (Å²) in [5.41, 5.74) is 0. The van der Waals surface area contributed by atoms with Crippen molar-refractivity contribution in [3.05, 3.63) is 0 Å². The average Bonchev–Trinajstić information content (AvgIpc) is 1.91. The van der Waals surface area contributed by atoms with Crippen molar-refractivity contribution in [3.8, 4) is 0 Å². The fourth-order valence-electron chi connectivity index (χ4n) is 1.17. The van der Waals surface area contributed by atoms with E-state index in [1.165, 1.54) is 0 Å². The molecule has 62 valence electrons. The predicted octanol–water partition coefficient (Wildman–Crippen LogP) is 1.15. The molecule has 0 fully saturated rings. The maximum atomic E-state index is 9.45. The van der Waals surface area contributed by atoms with E-state index >= 15 is 0 Å². The van der Waals surface area contributed by atoms with Crippen LogP contribution >= 0.6 is 0 Å². The lowest BCUT2D eigenvalue weighted by Gasteiger charge is -2.19. The second-order valence-corrected chi connectivity index (χ2v) is 2.66. The van der Waals surface area contributed by atoms with Gasteiger partial charge in [0, 0.05) is 6.04 Å². The van der Waals surface area contributed by atoms with Gasteiger partial charge in [-0.15, -0.1) is 0 Å². The lowest BCUT2D eigenvalue weighted by atomic mass is 10.0. The van der Waals surface area contributed by atoms with E-state index in [2.05, 4.69) is 19.2 Å². The zero-order valence-electron chi connectivity index (χ0n) is 7.22. The number of aliphatic hydroxyl groups excluding tert-OH is 1. The second kappa shape index (κ2) is 5.69. The third kappa shape index (κ3) is 3.18. The highest BCUT2D eigenvalue weighted by molar-refractivity contribution is 4.71. The van der Waals surface area contributed by atoms with Crippen LogP contribution in [0.5, 0.6) is 0 Å². The Morgan fingerprint density at radius 3 is 2.30 bits per heavy atom. The molecule has 2 nitrogen and oxygen atoms in total. The maximum Gasteiger partial charge on any atom is 0.0692 e. The predicted molar refractivity (Wildman–Crippen MR) is 44.1 cm³/mol. The van der Waals surface area contributed by atoms with E-state index in [-0.39, 0.29) is 12.1 Å². The van der Waals surface area contributed by atoms with E-state index in [0.29, 0.717) is 0 Å². The minimum absolute atomic E-state index is 0.167. The van der Waals surface area contributed by atoms with Gasteiger partial charge in [-0.3, -0.25) is 0 Å². The van der Waals surface area contributed by atoms with Crippen molar-refractivity contribution < 1.29 is 5.11 Å². The van der Waals surface area contributed by atoms with Crippen molar-refractivity contribution in [1.82, 2.24) is 5.32 Å². The number of likely N-dealkylation sites (N-methyl/N-ethyl adjacent to an activating group) is 1. The molecule has 0 aromatic carbocycles. The van der Waals surface area contributed by atoms with Gasteiger partial charge in [0.2, 0.25) is 0 Å². The highest BCUT2D eigenvalue weighted by Gasteiger charge is 2.12. The van der Waals surface area contributed by atoms with Gasteiger partial charge in [-0.2, -0.15) is 0 Å². The molecule has 0 aromatic rings. The van der Waals surface area contributed by atoms with Gasteiger partial charge < -0.3 is 10.4 Å². The van der Waals surface area contributed by atoms with Gasteiger partial charge in [-0.1, -0.05) is 20.3 Å². The van der Waals surface area contributed by atoms with Crippen molar-refractivity contribution in [3.63, 3.8) is 0 Å². The van der Waals surface area contributed by atoms with E-state index in [1.54, 1.807) is 0 Å². The standard InChI is InChI=1S/C8H19NO/c1-4-6-8(10)7(5-2)9-3/h7-10H,4-6H2,1-3H3/t7-,8-/m1/s1. The van der Waals surface area contributed by atoms with Crippen molar-refractivity contribution in [2.45, 2.75) is 45.3 Å². The van der Waals surface area contributed by atoms with Crippen LogP contribution in [0.3, 0.4) is 0 Å². The Labute approximate surface area is 63.6 Å². The van der Waals surface area contributed by atoms with Crippen LogP contribution in [0, 0.1) is 0 Å². The summed E-state index contributed by atoms with van der Waals surface area (Å²) in [6.07, 6.45) is 2.79. The van der Waals surface area contributed by atoms with Crippen LogP contribution in [0.1, 0.15) is 33.1 Å². The van der Waals surface area contributed by atoms with Crippen LogP contribution in [-0.2, 0) is 0 Å². The molecule has 2 atom stereocenters. The first-order valence-electron chi connectivity index (χ1n) is 4.11. The lowest BCUT2D eigenvalue weighted by Crippen LogP contribution is -2.36. The molecule has 0 bridgehead atoms. The van der Waals surface area contributed by atoms with Gasteiger partial charge >= 0.3 is 0 Å². The molecular formula is C8H19NO. The molecule has 0 spiro atoms. The number of hydrogen-bond donors (Lipinski definition) is 2. The van der Waals surface area contributed by atoms with Gasteiger partial charge in [0.25, 0.3) is 0 Å². The van der Waals surface area contributed by atoms with Crippen LogP contribution in [0.15, 0.2) is 0 Å². The van der Waals surface area contributed by atoms with E-state index in [4.69, 9.17) is 0 Å². The minimum Gasteiger partial charge on any atom is -0.392 e. The summed E-state index contributed by atoms with van der Waals surface area (Å²) in [7, 11) is 1.90. The van der Waals surface area contributed by atoms with Crippen molar-refractivity contribution in [1.29, 1.82) is 0 Å². The first-order chi connectivity index (χ1) is 4.76. The van der Waals surface area contributed by atoms with Crippen LogP contribution in [0.4, 0.5) is 0 Å². The Kier molecular flexibility index (Phi) is 5.64. The number of aliphatic hydroxyl groups is 1. The molecule has 0 unspecified atom stereocenters. The highest BCUT2D eigenvalue weighted by Crippen LogP contribution is 2.04. The van der Waals surface area contributed by atoms with Crippen molar-refractivity contribution in [2.24, 2.45) is 0 Å². The quantitative estimate of drug-likeness (QED) is 0.608. The van der Waals surface area contributed by atoms with Crippen molar-refractivity contribution >= 4 is 0 Å². The molecule has 0 radical (unpaired) electrons. The Morgan fingerprint density at radius 2 is 2.00 bits per heavy atom. The monoisotopic (exact) mass is 145 g/mol. The highest BCUT2D eigenvalue weighted by atomic mass is 16.3. The minimum atomic E-state index is -0.167. The fourth-order valence-corrected chi connectivity index (χ4v) is 1.17. The molecule has 0 aliphatic rings. The first kappa shape index (κ1) is 9.92. The Bertz CT molecular complexity index is 71.7. The lowest BCUT2D eigenvalue weighted by molar-refractivity contribution is 0.119.